The van der Waals surface area contributed by atoms with Crippen LogP contribution in [0.1, 0.15) is 13.3 Å². The van der Waals surface area contributed by atoms with Gasteiger partial charge in [0.2, 0.25) is 5.75 Å². The highest BCUT2D eigenvalue weighted by Gasteiger charge is 2.15. The molecule has 0 saturated heterocycles. The van der Waals surface area contributed by atoms with E-state index in [1.165, 1.54) is 18.2 Å². The van der Waals surface area contributed by atoms with Gasteiger partial charge in [0, 0.05) is 12.5 Å². The van der Waals surface area contributed by atoms with Crippen molar-refractivity contribution >= 4 is 11.7 Å². The molecule has 3 N–H and O–H groups in total. The summed E-state index contributed by atoms with van der Waals surface area (Å²) in [6.45, 7) is 1.62. The third kappa shape index (κ3) is 3.35. The van der Waals surface area contributed by atoms with Gasteiger partial charge in [-0.3, -0.25) is 14.9 Å². The second kappa shape index (κ2) is 5.71. The maximum absolute atomic E-state index is 10.9. The molecule has 0 aromatic heterocycles. The minimum absolute atomic E-state index is 0. The average molecular weight is 212 g/mol. The minimum Gasteiger partial charge on any atom is -0.419 e. The first kappa shape index (κ1) is 13.1. The van der Waals surface area contributed by atoms with Crippen molar-refractivity contribution in [1.29, 1.82) is 0 Å². The number of nitrogens with zero attached hydrogens (tertiary/aromatic N) is 1. The van der Waals surface area contributed by atoms with Crippen molar-refractivity contribution in [1.82, 2.24) is 6.15 Å². The first-order chi connectivity index (χ1) is 6.65. The van der Waals surface area contributed by atoms with Crippen molar-refractivity contribution < 1.29 is 14.5 Å². The molecule has 0 aliphatic heterocycles. The first-order valence-corrected chi connectivity index (χ1v) is 4.09. The van der Waals surface area contributed by atoms with Crippen LogP contribution >= 0.6 is 0 Å². The molecule has 0 atom stereocenters. The Labute approximate surface area is 86.6 Å². The highest BCUT2D eigenvalue weighted by Crippen LogP contribution is 2.25. The maximum Gasteiger partial charge on any atom is 0.311 e. The zero-order chi connectivity index (χ0) is 10.6. The number of carbonyl (C=O) groups excluding carboxylic acids is 1. The fourth-order valence-corrected chi connectivity index (χ4v) is 0.889. The van der Waals surface area contributed by atoms with Gasteiger partial charge in [-0.05, 0) is 6.07 Å². The number of ether oxygens (including phenoxy) is 1. The van der Waals surface area contributed by atoms with Gasteiger partial charge in [0.25, 0.3) is 0 Å². The van der Waals surface area contributed by atoms with Gasteiger partial charge in [0.1, 0.15) is 0 Å². The molecular weight excluding hydrogens is 200 g/mol. The average Bonchev–Trinajstić information content (AvgIpc) is 2.18. The second-order valence-electron chi connectivity index (χ2n) is 2.55. The Morgan fingerprint density at radius 2 is 2.07 bits per heavy atom. The summed E-state index contributed by atoms with van der Waals surface area (Å²) in [6, 6.07) is 5.77. The molecule has 1 aromatic rings. The fourth-order valence-electron chi connectivity index (χ4n) is 0.889. The topological polar surface area (TPSA) is 104 Å². The van der Waals surface area contributed by atoms with Crippen molar-refractivity contribution in [3.63, 3.8) is 0 Å². The van der Waals surface area contributed by atoms with Crippen molar-refractivity contribution in [2.24, 2.45) is 0 Å². The molecule has 0 amide bonds. The predicted molar refractivity (Wildman–Crippen MR) is 54.0 cm³/mol. The third-order valence-corrected chi connectivity index (χ3v) is 1.57. The van der Waals surface area contributed by atoms with Crippen molar-refractivity contribution in [2.45, 2.75) is 13.3 Å². The van der Waals surface area contributed by atoms with Crippen LogP contribution < -0.4 is 10.9 Å². The van der Waals surface area contributed by atoms with E-state index in [2.05, 4.69) is 0 Å². The zero-order valence-electron chi connectivity index (χ0n) is 8.30. The molecule has 0 fully saturated rings. The number of nitro groups is 1. The molecule has 0 saturated carbocycles. The summed E-state index contributed by atoms with van der Waals surface area (Å²) in [4.78, 5) is 20.8. The molecule has 0 bridgehead atoms. The number of rotatable bonds is 3. The summed E-state index contributed by atoms with van der Waals surface area (Å²) < 4.78 is 4.78. The van der Waals surface area contributed by atoms with E-state index in [-0.39, 0.29) is 24.0 Å². The molecule has 1 rings (SSSR count). The Morgan fingerprint density at radius 3 is 2.60 bits per heavy atom. The normalized spacial score (nSPS) is 8.87. The maximum atomic E-state index is 10.9. The number of hydrogen-bond acceptors (Lipinski definition) is 5. The summed E-state index contributed by atoms with van der Waals surface area (Å²) in [5, 5.41) is 10.5. The molecule has 15 heavy (non-hydrogen) atoms. The van der Waals surface area contributed by atoms with Crippen LogP contribution in [0.3, 0.4) is 0 Å². The van der Waals surface area contributed by atoms with Crippen LogP contribution in [0, 0.1) is 10.1 Å². The van der Waals surface area contributed by atoms with E-state index in [1.807, 2.05) is 0 Å². The monoisotopic (exact) mass is 212 g/mol. The van der Waals surface area contributed by atoms with E-state index in [0.717, 1.165) is 0 Å². The quantitative estimate of drug-likeness (QED) is 0.357. The van der Waals surface area contributed by atoms with Gasteiger partial charge < -0.3 is 10.9 Å². The van der Waals surface area contributed by atoms with Gasteiger partial charge in [-0.25, -0.2) is 0 Å². The Balaban J connectivity index is 0.00000196. The van der Waals surface area contributed by atoms with Gasteiger partial charge in [0.15, 0.2) is 0 Å². The molecule has 0 heterocycles. The fraction of sp³-hybridized carbons (Fsp3) is 0.222. The SMILES string of the molecule is CCC(=O)Oc1ccccc1[N+](=O)[O-].N. The highest BCUT2D eigenvalue weighted by atomic mass is 16.6. The molecule has 6 heteroatoms. The molecule has 0 unspecified atom stereocenters. The molecule has 1 aromatic carbocycles. The Kier molecular flexibility index (Phi) is 4.97. The number of carbonyl (C=O) groups is 1. The van der Waals surface area contributed by atoms with Crippen molar-refractivity contribution in [3.8, 4) is 5.75 Å². The number of para-hydroxylation sites is 2. The molecule has 0 aliphatic rings. The molecule has 6 nitrogen and oxygen atoms in total. The van der Waals surface area contributed by atoms with Crippen molar-refractivity contribution in [3.05, 3.63) is 34.4 Å². The lowest BCUT2D eigenvalue weighted by Crippen LogP contribution is -2.07. The van der Waals surface area contributed by atoms with E-state index in [0.29, 0.717) is 0 Å². The summed E-state index contributed by atoms with van der Waals surface area (Å²) in [6.07, 6.45) is 0.187. The van der Waals surface area contributed by atoms with Gasteiger partial charge in [-0.15, -0.1) is 0 Å². The van der Waals surface area contributed by atoms with Gasteiger partial charge >= 0.3 is 11.7 Å². The molecule has 0 aliphatic carbocycles. The van der Waals surface area contributed by atoms with Gasteiger partial charge in [-0.2, -0.15) is 0 Å². The summed E-state index contributed by atoms with van der Waals surface area (Å²) in [7, 11) is 0. The summed E-state index contributed by atoms with van der Waals surface area (Å²) >= 11 is 0. The second-order valence-corrected chi connectivity index (χ2v) is 2.55. The predicted octanol–water partition coefficient (Wildman–Crippen LogP) is 2.07. The van der Waals surface area contributed by atoms with Crippen LogP contribution in [0.4, 0.5) is 5.69 Å². The van der Waals surface area contributed by atoms with Crippen LogP contribution in [0.5, 0.6) is 5.75 Å². The Hall–Kier alpha value is -1.95. The minimum atomic E-state index is -0.585. The zero-order valence-corrected chi connectivity index (χ0v) is 8.30. The number of benzene rings is 1. The smallest absolute Gasteiger partial charge is 0.311 e. The Bertz CT molecular complexity index is 365. The van der Waals surface area contributed by atoms with Gasteiger partial charge in [-0.1, -0.05) is 19.1 Å². The van der Waals surface area contributed by atoms with Crippen molar-refractivity contribution in [2.75, 3.05) is 0 Å². The number of nitro benzene ring substituents is 1. The van der Waals surface area contributed by atoms with Crippen LogP contribution in [-0.2, 0) is 4.79 Å². The number of esters is 1. The van der Waals surface area contributed by atoms with Crippen LogP contribution in [0.2, 0.25) is 0 Å². The van der Waals surface area contributed by atoms with E-state index in [4.69, 9.17) is 4.74 Å². The molecule has 0 radical (unpaired) electrons. The van der Waals surface area contributed by atoms with Crippen LogP contribution in [-0.4, -0.2) is 10.9 Å². The number of hydrogen-bond donors (Lipinski definition) is 1. The molecular formula is C9H12N2O4. The lowest BCUT2D eigenvalue weighted by Gasteiger charge is -2.02. The lowest BCUT2D eigenvalue weighted by molar-refractivity contribution is -0.385. The van der Waals surface area contributed by atoms with E-state index in [1.54, 1.807) is 13.0 Å². The molecule has 0 spiro atoms. The molecule has 82 valence electrons. The summed E-state index contributed by atoms with van der Waals surface area (Å²) in [5.74, 6) is -0.497. The van der Waals surface area contributed by atoms with E-state index < -0.39 is 10.9 Å². The standard InChI is InChI=1S/C9H9NO4.H3N/c1-2-9(11)14-8-6-4-3-5-7(8)10(12)13;/h3-6H,2H2,1H3;1H3. The van der Waals surface area contributed by atoms with E-state index >= 15 is 0 Å². The first-order valence-electron chi connectivity index (χ1n) is 4.09. The van der Waals surface area contributed by atoms with E-state index in [9.17, 15) is 14.9 Å². The largest absolute Gasteiger partial charge is 0.419 e. The van der Waals surface area contributed by atoms with Gasteiger partial charge in [0.05, 0.1) is 4.92 Å². The summed E-state index contributed by atoms with van der Waals surface area (Å²) in [5.41, 5.74) is -0.200. The lowest BCUT2D eigenvalue weighted by atomic mass is 10.3. The van der Waals surface area contributed by atoms with Crippen LogP contribution in [0.15, 0.2) is 24.3 Å². The highest BCUT2D eigenvalue weighted by molar-refractivity contribution is 5.73. The Morgan fingerprint density at radius 1 is 1.47 bits per heavy atom. The third-order valence-electron chi connectivity index (χ3n) is 1.57. The van der Waals surface area contributed by atoms with Crippen LogP contribution in [0.25, 0.3) is 0 Å².